The summed E-state index contributed by atoms with van der Waals surface area (Å²) < 4.78 is 23.6. The Hall–Kier alpha value is -0.580. The van der Waals surface area contributed by atoms with Crippen LogP contribution >= 0.6 is 0 Å². The van der Waals surface area contributed by atoms with Gasteiger partial charge in [0.05, 0.1) is 11.5 Å². The van der Waals surface area contributed by atoms with E-state index < -0.39 is 9.84 Å². The lowest BCUT2D eigenvalue weighted by molar-refractivity contribution is -0.133. The summed E-state index contributed by atoms with van der Waals surface area (Å²) in [5.74, 6) is 1.30. The smallest absolute Gasteiger partial charge is 0.223 e. The first-order valence-electron chi connectivity index (χ1n) is 7.18. The maximum absolute atomic E-state index is 12.1. The number of carbonyl (C=O) groups excluding carboxylic acids is 1. The molecule has 1 amide bonds. The summed E-state index contributed by atoms with van der Waals surface area (Å²) in [6.45, 7) is 9.60. The topological polar surface area (TPSA) is 54.5 Å². The molecule has 0 spiro atoms. The molecule has 0 unspecified atom stereocenters. The largest absolute Gasteiger partial charge is 0.342 e. The van der Waals surface area contributed by atoms with Gasteiger partial charge in [-0.15, -0.1) is 0 Å². The number of nitrogens with zero attached hydrogens (tertiary/aromatic N) is 1. The van der Waals surface area contributed by atoms with Gasteiger partial charge in [0, 0.05) is 19.5 Å². The second-order valence-corrected chi connectivity index (χ2v) is 8.73. The Kier molecular flexibility index (Phi) is 5.83. The Morgan fingerprint density at radius 3 is 2.21 bits per heavy atom. The quantitative estimate of drug-likeness (QED) is 0.777. The molecule has 5 heteroatoms. The highest BCUT2D eigenvalue weighted by molar-refractivity contribution is 7.91. The van der Waals surface area contributed by atoms with Gasteiger partial charge in [0.1, 0.15) is 0 Å². The average Bonchev–Trinajstić information content (AvgIpc) is 2.22. The van der Waals surface area contributed by atoms with Crippen molar-refractivity contribution in [3.8, 4) is 0 Å². The Morgan fingerprint density at radius 1 is 1.21 bits per heavy atom. The molecule has 0 aromatic carbocycles. The summed E-state index contributed by atoms with van der Waals surface area (Å²) in [7, 11) is -3.09. The van der Waals surface area contributed by atoms with Gasteiger partial charge >= 0.3 is 0 Å². The van der Waals surface area contributed by atoms with Crippen molar-refractivity contribution >= 4 is 15.7 Å². The normalized spacial score (nSPS) is 24.8. The minimum atomic E-state index is -3.09. The van der Waals surface area contributed by atoms with Gasteiger partial charge in [0.25, 0.3) is 0 Å². The van der Waals surface area contributed by atoms with Crippen molar-refractivity contribution in [2.45, 2.75) is 40.5 Å². The molecule has 2 atom stereocenters. The van der Waals surface area contributed by atoms with Gasteiger partial charge in [0.15, 0.2) is 9.84 Å². The third-order valence-corrected chi connectivity index (χ3v) is 5.44. The van der Waals surface area contributed by atoms with Crippen molar-refractivity contribution in [3.05, 3.63) is 0 Å². The average molecular weight is 289 g/mol. The standard InChI is InChI=1S/C14H27NO3S/c1-11(2)10-19(17,18)6-5-14(16)15-8-12(3)7-13(4)9-15/h11-13H,5-10H2,1-4H3/t12-,13-/m1/s1. The zero-order valence-electron chi connectivity index (χ0n) is 12.6. The second-order valence-electron chi connectivity index (χ2n) is 6.50. The molecule has 0 aromatic heterocycles. The summed E-state index contributed by atoms with van der Waals surface area (Å²) >= 11 is 0. The first-order chi connectivity index (χ1) is 8.69. The molecule has 1 aliphatic heterocycles. The molecule has 1 aliphatic rings. The van der Waals surface area contributed by atoms with Crippen LogP contribution in [-0.2, 0) is 14.6 Å². The zero-order valence-corrected chi connectivity index (χ0v) is 13.4. The number of hydrogen-bond donors (Lipinski definition) is 0. The number of carbonyl (C=O) groups is 1. The minimum Gasteiger partial charge on any atom is -0.342 e. The second kappa shape index (κ2) is 6.73. The van der Waals surface area contributed by atoms with Crippen LogP contribution in [0.25, 0.3) is 0 Å². The van der Waals surface area contributed by atoms with Crippen molar-refractivity contribution in [2.24, 2.45) is 17.8 Å². The van der Waals surface area contributed by atoms with Crippen LogP contribution in [0.15, 0.2) is 0 Å². The van der Waals surface area contributed by atoms with E-state index in [2.05, 4.69) is 13.8 Å². The van der Waals surface area contributed by atoms with Crippen LogP contribution in [0, 0.1) is 17.8 Å². The molecular weight excluding hydrogens is 262 g/mol. The predicted octanol–water partition coefficient (Wildman–Crippen LogP) is 1.95. The molecule has 0 aliphatic carbocycles. The SMILES string of the molecule is CC(C)CS(=O)(=O)CCC(=O)N1C[C@H](C)C[C@@H](C)C1. The third-order valence-electron chi connectivity index (χ3n) is 3.44. The maximum Gasteiger partial charge on any atom is 0.223 e. The van der Waals surface area contributed by atoms with Gasteiger partial charge in [-0.2, -0.15) is 0 Å². The first-order valence-corrected chi connectivity index (χ1v) is 9.00. The van der Waals surface area contributed by atoms with Crippen molar-refractivity contribution in [2.75, 3.05) is 24.6 Å². The van der Waals surface area contributed by atoms with Crippen LogP contribution in [0.5, 0.6) is 0 Å². The summed E-state index contributed by atoms with van der Waals surface area (Å²) in [6.07, 6.45) is 1.28. The highest BCUT2D eigenvalue weighted by atomic mass is 32.2. The lowest BCUT2D eigenvalue weighted by Crippen LogP contribution is -2.43. The highest BCUT2D eigenvalue weighted by Gasteiger charge is 2.26. The van der Waals surface area contributed by atoms with Gasteiger partial charge in [-0.05, 0) is 24.2 Å². The van der Waals surface area contributed by atoms with Gasteiger partial charge in [-0.25, -0.2) is 8.42 Å². The molecule has 0 N–H and O–H groups in total. The van der Waals surface area contributed by atoms with Crippen LogP contribution in [0.3, 0.4) is 0 Å². The van der Waals surface area contributed by atoms with E-state index in [1.165, 1.54) is 0 Å². The maximum atomic E-state index is 12.1. The van der Waals surface area contributed by atoms with Gasteiger partial charge in [0.2, 0.25) is 5.91 Å². The Balaban J connectivity index is 2.47. The fourth-order valence-electron chi connectivity index (χ4n) is 2.86. The minimum absolute atomic E-state index is 0.00858. The van der Waals surface area contributed by atoms with Crippen molar-refractivity contribution < 1.29 is 13.2 Å². The van der Waals surface area contributed by atoms with E-state index in [0.29, 0.717) is 11.8 Å². The van der Waals surface area contributed by atoms with Crippen LogP contribution < -0.4 is 0 Å². The van der Waals surface area contributed by atoms with Crippen LogP contribution in [0.2, 0.25) is 0 Å². The fraction of sp³-hybridized carbons (Fsp3) is 0.929. The number of hydrogen-bond acceptors (Lipinski definition) is 3. The molecule has 0 bridgehead atoms. The molecule has 19 heavy (non-hydrogen) atoms. The molecule has 112 valence electrons. The summed E-state index contributed by atoms with van der Waals surface area (Å²) in [6, 6.07) is 0. The van der Waals surface area contributed by atoms with E-state index in [4.69, 9.17) is 0 Å². The van der Waals surface area contributed by atoms with Gasteiger partial charge in [-0.1, -0.05) is 27.7 Å². The van der Waals surface area contributed by atoms with Gasteiger partial charge < -0.3 is 4.90 Å². The zero-order chi connectivity index (χ0) is 14.6. The lowest BCUT2D eigenvalue weighted by atomic mass is 9.92. The van der Waals surface area contributed by atoms with Crippen LogP contribution in [0.4, 0.5) is 0 Å². The Bertz CT molecular complexity index is 393. The molecule has 1 heterocycles. The molecule has 1 rings (SSSR count). The molecule has 1 saturated heterocycles. The number of likely N-dealkylation sites (tertiary alicyclic amines) is 1. The molecule has 1 fully saturated rings. The van der Waals surface area contributed by atoms with Crippen LogP contribution in [0.1, 0.15) is 40.5 Å². The fourth-order valence-corrected chi connectivity index (χ4v) is 4.53. The number of rotatable bonds is 5. The van der Waals surface area contributed by atoms with E-state index in [0.717, 1.165) is 19.5 Å². The molecular formula is C14H27NO3S. The van der Waals surface area contributed by atoms with Gasteiger partial charge in [-0.3, -0.25) is 4.79 Å². The molecule has 0 aromatic rings. The lowest BCUT2D eigenvalue weighted by Gasteiger charge is -2.35. The van der Waals surface area contributed by atoms with Crippen molar-refractivity contribution in [1.82, 2.24) is 4.90 Å². The summed E-state index contributed by atoms with van der Waals surface area (Å²) in [5, 5.41) is 0. The van der Waals surface area contributed by atoms with E-state index in [9.17, 15) is 13.2 Å². The first kappa shape index (κ1) is 16.5. The van der Waals surface area contributed by atoms with E-state index in [1.807, 2.05) is 18.7 Å². The summed E-state index contributed by atoms with van der Waals surface area (Å²) in [4.78, 5) is 13.9. The molecule has 4 nitrogen and oxygen atoms in total. The monoisotopic (exact) mass is 289 g/mol. The number of sulfone groups is 1. The van der Waals surface area contributed by atoms with E-state index >= 15 is 0 Å². The highest BCUT2D eigenvalue weighted by Crippen LogP contribution is 2.21. The number of amides is 1. The van der Waals surface area contributed by atoms with E-state index in [-0.39, 0.29) is 29.8 Å². The Labute approximate surface area is 117 Å². The number of piperidine rings is 1. The van der Waals surface area contributed by atoms with Crippen molar-refractivity contribution in [3.63, 3.8) is 0 Å². The Morgan fingerprint density at radius 2 is 1.74 bits per heavy atom. The molecule has 0 radical (unpaired) electrons. The molecule has 0 saturated carbocycles. The third kappa shape index (κ3) is 5.93. The van der Waals surface area contributed by atoms with Crippen molar-refractivity contribution in [1.29, 1.82) is 0 Å². The van der Waals surface area contributed by atoms with Crippen LogP contribution in [-0.4, -0.2) is 43.8 Å². The van der Waals surface area contributed by atoms with E-state index in [1.54, 1.807) is 0 Å². The summed E-state index contributed by atoms with van der Waals surface area (Å²) in [5.41, 5.74) is 0. The predicted molar refractivity (Wildman–Crippen MR) is 77.6 cm³/mol.